The number of rotatable bonds is 5. The van der Waals surface area contributed by atoms with E-state index in [1.165, 1.54) is 44.6 Å². The minimum Gasteiger partial charge on any atom is -0.329 e. The highest BCUT2D eigenvalue weighted by Crippen LogP contribution is 2.26. The second kappa shape index (κ2) is 7.53. The predicted octanol–water partition coefficient (Wildman–Crippen LogP) is 0.993. The Hall–Kier alpha value is -2.29. The van der Waals surface area contributed by atoms with Gasteiger partial charge in [-0.1, -0.05) is 42.0 Å². The number of aryl methyl sites for hydroxylation is 1. The lowest BCUT2D eigenvalue weighted by Crippen LogP contribution is -3.13. The fourth-order valence-corrected chi connectivity index (χ4v) is 4.78. The van der Waals surface area contributed by atoms with E-state index in [2.05, 4.69) is 24.3 Å². The zero-order valence-electron chi connectivity index (χ0n) is 14.6. The van der Waals surface area contributed by atoms with Crippen LogP contribution < -0.4 is 4.90 Å². The highest BCUT2D eigenvalue weighted by Gasteiger charge is 2.34. The van der Waals surface area contributed by atoms with Crippen molar-refractivity contribution < 1.29 is 18.2 Å². The summed E-state index contributed by atoms with van der Waals surface area (Å²) >= 11 is 0. The maximum atomic E-state index is 12.8. The number of nitrogens with one attached hydrogen (secondary N) is 1. The Bertz CT molecular complexity index is 889. The largest absolute Gasteiger partial charge is 0.329 e. The van der Waals surface area contributed by atoms with E-state index in [-0.39, 0.29) is 10.6 Å². The van der Waals surface area contributed by atoms with Gasteiger partial charge in [-0.2, -0.15) is 4.31 Å². The van der Waals surface area contributed by atoms with E-state index in [9.17, 15) is 18.5 Å². The van der Waals surface area contributed by atoms with Crippen LogP contribution in [0.1, 0.15) is 11.1 Å². The van der Waals surface area contributed by atoms with Crippen LogP contribution in [0.2, 0.25) is 0 Å². The molecule has 138 valence electrons. The summed E-state index contributed by atoms with van der Waals surface area (Å²) in [5, 5.41) is 11.1. The molecule has 2 aromatic carbocycles. The SMILES string of the molecule is Cc1ccc(C[NH+]2CCN(S(=O)(=O)c3ccccc3[N+](=O)[O-])CC2)cc1. The molecule has 8 heteroatoms. The second-order valence-corrected chi connectivity index (χ2v) is 8.45. The van der Waals surface area contributed by atoms with Crippen LogP contribution in [0.5, 0.6) is 0 Å². The second-order valence-electron chi connectivity index (χ2n) is 6.54. The molecule has 0 atom stereocenters. The van der Waals surface area contributed by atoms with E-state index in [0.717, 1.165) is 6.54 Å². The number of sulfonamides is 1. The number of hydrogen-bond donors (Lipinski definition) is 1. The van der Waals surface area contributed by atoms with Gasteiger partial charge in [0.2, 0.25) is 10.0 Å². The first-order chi connectivity index (χ1) is 12.4. The van der Waals surface area contributed by atoms with Gasteiger partial charge in [-0.25, -0.2) is 8.42 Å². The average Bonchev–Trinajstić information content (AvgIpc) is 2.64. The Morgan fingerprint density at radius 2 is 1.69 bits per heavy atom. The molecule has 7 nitrogen and oxygen atoms in total. The van der Waals surface area contributed by atoms with E-state index in [1.807, 2.05) is 6.92 Å². The van der Waals surface area contributed by atoms with Crippen LogP contribution in [0.4, 0.5) is 5.69 Å². The van der Waals surface area contributed by atoms with Crippen LogP contribution in [-0.2, 0) is 16.6 Å². The molecule has 0 spiro atoms. The maximum Gasteiger partial charge on any atom is 0.289 e. The topological polar surface area (TPSA) is 85.0 Å². The molecule has 1 heterocycles. The summed E-state index contributed by atoms with van der Waals surface area (Å²) in [6, 6.07) is 13.9. The summed E-state index contributed by atoms with van der Waals surface area (Å²) in [5.41, 5.74) is 2.06. The van der Waals surface area contributed by atoms with Crippen molar-refractivity contribution in [3.63, 3.8) is 0 Å². The Morgan fingerprint density at radius 3 is 2.31 bits per heavy atom. The lowest BCUT2D eigenvalue weighted by atomic mass is 10.1. The number of benzene rings is 2. The first kappa shape index (κ1) is 18.5. The molecule has 1 N–H and O–H groups in total. The minimum absolute atomic E-state index is 0.230. The summed E-state index contributed by atoms with van der Waals surface area (Å²) < 4.78 is 27.0. The Kier molecular flexibility index (Phi) is 5.36. The van der Waals surface area contributed by atoms with Crippen molar-refractivity contribution in [3.8, 4) is 0 Å². The first-order valence-corrected chi connectivity index (χ1v) is 9.94. The number of nitro groups is 1. The van der Waals surface area contributed by atoms with Crippen LogP contribution in [-0.4, -0.2) is 43.8 Å². The molecule has 0 aromatic heterocycles. The number of piperazine rings is 1. The van der Waals surface area contributed by atoms with Crippen molar-refractivity contribution in [2.45, 2.75) is 18.4 Å². The van der Waals surface area contributed by atoms with Gasteiger partial charge in [-0.05, 0) is 13.0 Å². The average molecular weight is 376 g/mol. The summed E-state index contributed by atoms with van der Waals surface area (Å²) in [6.45, 7) is 4.95. The van der Waals surface area contributed by atoms with Crippen molar-refractivity contribution in [1.29, 1.82) is 0 Å². The molecule has 26 heavy (non-hydrogen) atoms. The van der Waals surface area contributed by atoms with Crippen molar-refractivity contribution >= 4 is 15.7 Å². The molecule has 1 aliphatic heterocycles. The van der Waals surface area contributed by atoms with Gasteiger partial charge in [0, 0.05) is 11.6 Å². The zero-order valence-corrected chi connectivity index (χ0v) is 15.4. The molecule has 0 unspecified atom stereocenters. The third-order valence-corrected chi connectivity index (χ3v) is 6.63. The van der Waals surface area contributed by atoms with Crippen LogP contribution in [0.3, 0.4) is 0 Å². The Morgan fingerprint density at radius 1 is 1.08 bits per heavy atom. The van der Waals surface area contributed by atoms with Gasteiger partial charge in [0.15, 0.2) is 4.90 Å². The van der Waals surface area contributed by atoms with Gasteiger partial charge in [0.25, 0.3) is 5.69 Å². The molecular weight excluding hydrogens is 354 g/mol. The van der Waals surface area contributed by atoms with Gasteiger partial charge >= 0.3 is 0 Å². The predicted molar refractivity (Wildman–Crippen MR) is 97.4 cm³/mol. The Labute approximate surface area is 153 Å². The van der Waals surface area contributed by atoms with Crippen molar-refractivity contribution in [2.24, 2.45) is 0 Å². The van der Waals surface area contributed by atoms with E-state index in [1.54, 1.807) is 0 Å². The summed E-state index contributed by atoms with van der Waals surface area (Å²) in [7, 11) is -3.86. The van der Waals surface area contributed by atoms with Gasteiger partial charge in [0.1, 0.15) is 6.54 Å². The van der Waals surface area contributed by atoms with E-state index < -0.39 is 14.9 Å². The van der Waals surface area contributed by atoms with Gasteiger partial charge < -0.3 is 4.90 Å². The normalized spacial score (nSPS) is 16.5. The number of quaternary nitrogens is 1. The van der Waals surface area contributed by atoms with Crippen molar-refractivity contribution in [1.82, 2.24) is 4.31 Å². The van der Waals surface area contributed by atoms with Crippen molar-refractivity contribution in [3.05, 3.63) is 69.8 Å². The smallest absolute Gasteiger partial charge is 0.289 e. The van der Waals surface area contributed by atoms with E-state index in [4.69, 9.17) is 0 Å². The van der Waals surface area contributed by atoms with Crippen LogP contribution in [0.15, 0.2) is 53.4 Å². The monoisotopic (exact) mass is 376 g/mol. The van der Waals surface area contributed by atoms with E-state index >= 15 is 0 Å². The molecule has 0 amide bonds. The third kappa shape index (κ3) is 3.92. The summed E-state index contributed by atoms with van der Waals surface area (Å²) in [4.78, 5) is 11.6. The van der Waals surface area contributed by atoms with Crippen molar-refractivity contribution in [2.75, 3.05) is 26.2 Å². The summed E-state index contributed by atoms with van der Waals surface area (Å²) in [5.74, 6) is 0. The van der Waals surface area contributed by atoms with Gasteiger partial charge in [-0.3, -0.25) is 10.1 Å². The number of hydrogen-bond acceptors (Lipinski definition) is 4. The summed E-state index contributed by atoms with van der Waals surface area (Å²) in [6.07, 6.45) is 0. The quantitative estimate of drug-likeness (QED) is 0.623. The van der Waals surface area contributed by atoms with E-state index in [0.29, 0.717) is 26.2 Å². The Balaban J connectivity index is 1.69. The maximum absolute atomic E-state index is 12.8. The number of nitrogens with zero attached hydrogens (tertiary/aromatic N) is 2. The lowest BCUT2D eigenvalue weighted by molar-refractivity contribution is -0.917. The minimum atomic E-state index is -3.86. The highest BCUT2D eigenvalue weighted by atomic mass is 32.2. The molecule has 0 aliphatic carbocycles. The molecule has 3 rings (SSSR count). The fourth-order valence-electron chi connectivity index (χ4n) is 3.18. The van der Waals surface area contributed by atoms with Crippen LogP contribution in [0.25, 0.3) is 0 Å². The highest BCUT2D eigenvalue weighted by molar-refractivity contribution is 7.89. The zero-order chi connectivity index (χ0) is 18.7. The molecule has 2 aromatic rings. The standard InChI is InChI=1S/C18H21N3O4S/c1-15-6-8-16(9-7-15)14-19-10-12-20(13-11-19)26(24,25)18-5-3-2-4-17(18)21(22)23/h2-9H,10-14H2,1H3/p+1. The molecule has 1 aliphatic rings. The van der Waals surface area contributed by atoms with Crippen LogP contribution in [0, 0.1) is 17.0 Å². The molecule has 0 radical (unpaired) electrons. The molecule has 0 saturated carbocycles. The van der Waals surface area contributed by atoms with Gasteiger partial charge in [0.05, 0.1) is 31.1 Å². The third-order valence-electron chi connectivity index (χ3n) is 4.68. The molecular formula is C18H22N3O4S+. The van der Waals surface area contributed by atoms with Crippen LogP contribution >= 0.6 is 0 Å². The molecule has 0 bridgehead atoms. The molecule has 1 fully saturated rings. The van der Waals surface area contributed by atoms with Gasteiger partial charge in [-0.15, -0.1) is 0 Å². The fraction of sp³-hybridized carbons (Fsp3) is 0.333. The lowest BCUT2D eigenvalue weighted by Gasteiger charge is -2.31. The molecule has 1 saturated heterocycles. The number of para-hydroxylation sites is 1. The number of nitro benzene ring substituents is 1. The first-order valence-electron chi connectivity index (χ1n) is 8.50.